The number of hydrogen-bond acceptors (Lipinski definition) is 0. The highest BCUT2D eigenvalue weighted by Crippen LogP contribution is 1.99. The third kappa shape index (κ3) is 2.06. The second-order valence-electron chi connectivity index (χ2n) is 1.80. The number of halogens is 1. The fourth-order valence-corrected chi connectivity index (χ4v) is 0.827. The van der Waals surface area contributed by atoms with E-state index < -0.39 is 5.83 Å². The molecule has 0 aromatic heterocycles. The molecule has 0 saturated heterocycles. The van der Waals surface area contributed by atoms with E-state index in [1.807, 2.05) is 30.3 Å². The lowest BCUT2D eigenvalue weighted by molar-refractivity contribution is 1.15. The molecule has 0 aliphatic rings. The first kappa shape index (κ1) is 4.35. The van der Waals surface area contributed by atoms with E-state index in [2.05, 4.69) is 0 Å². The summed E-state index contributed by atoms with van der Waals surface area (Å²) in [4.78, 5) is 0. The fraction of sp³-hybridized carbons (Fsp3) is 0.250. The molecule has 0 amide bonds. The molecule has 0 fully saturated rings. The number of aryl methyl sites for hydroxylation is 1. The third-order valence-corrected chi connectivity index (χ3v) is 1.25. The molecule has 0 aliphatic heterocycles. The lowest BCUT2D eigenvalue weighted by atomic mass is 10.2. The van der Waals surface area contributed by atoms with Crippen LogP contribution in [0.4, 0.5) is 0 Å². The standard InChI is InChI=1S/C8H9Cl/c9-7-6-8-4-2-1-3-5-8/h1-5H,6-7H2/i7D2. The summed E-state index contributed by atoms with van der Waals surface area (Å²) >= 11 is 5.40. The van der Waals surface area contributed by atoms with Crippen LogP contribution in [0.5, 0.6) is 0 Å². The normalized spacial score (nSPS) is 14.3. The second kappa shape index (κ2) is 3.52. The summed E-state index contributed by atoms with van der Waals surface area (Å²) in [5, 5.41) is 0. The smallest absolute Gasteiger partial charge is 0.0439 e. The maximum absolute atomic E-state index is 7.10. The van der Waals surface area contributed by atoms with E-state index >= 15 is 0 Å². The predicted molar refractivity (Wildman–Crippen MR) is 40.9 cm³/mol. The molecule has 0 heterocycles. The zero-order valence-electron chi connectivity index (χ0n) is 6.97. The van der Waals surface area contributed by atoms with E-state index in [9.17, 15) is 0 Å². The van der Waals surface area contributed by atoms with E-state index in [1.54, 1.807) is 0 Å². The molecule has 0 unspecified atom stereocenters. The molecular formula is C8H9Cl. The van der Waals surface area contributed by atoms with Crippen molar-refractivity contribution in [3.05, 3.63) is 35.9 Å². The number of alkyl halides is 1. The molecule has 0 spiro atoms. The summed E-state index contributed by atoms with van der Waals surface area (Å²) < 4.78 is 14.2. The lowest BCUT2D eigenvalue weighted by Crippen LogP contribution is -1.82. The highest BCUT2D eigenvalue weighted by molar-refractivity contribution is 6.17. The molecule has 1 aromatic carbocycles. The van der Waals surface area contributed by atoms with Crippen molar-refractivity contribution in [2.24, 2.45) is 0 Å². The van der Waals surface area contributed by atoms with Crippen LogP contribution < -0.4 is 0 Å². The maximum Gasteiger partial charge on any atom is 0.0439 e. The van der Waals surface area contributed by atoms with Gasteiger partial charge in [-0.15, -0.1) is 11.6 Å². The summed E-state index contributed by atoms with van der Waals surface area (Å²) in [5.74, 6) is -1.62. The highest BCUT2D eigenvalue weighted by Gasteiger charge is 1.85. The quantitative estimate of drug-likeness (QED) is 0.557. The van der Waals surface area contributed by atoms with Gasteiger partial charge in [-0.05, 0) is 12.0 Å². The van der Waals surface area contributed by atoms with E-state index in [-0.39, 0.29) is 6.42 Å². The molecule has 48 valence electrons. The van der Waals surface area contributed by atoms with Gasteiger partial charge in [0.2, 0.25) is 0 Å². The molecule has 0 aliphatic carbocycles. The molecule has 1 aromatic rings. The minimum Gasteiger partial charge on any atom is -0.126 e. The zero-order chi connectivity index (χ0) is 8.32. The molecule has 0 radical (unpaired) electrons. The molecule has 0 bridgehead atoms. The van der Waals surface area contributed by atoms with Crippen LogP contribution in [0.2, 0.25) is 0 Å². The SMILES string of the molecule is [2H]C([2H])(Cl)Cc1ccccc1. The Morgan fingerprint density at radius 2 is 2.00 bits per heavy atom. The van der Waals surface area contributed by atoms with Crippen LogP contribution in [0.15, 0.2) is 30.3 Å². The van der Waals surface area contributed by atoms with Crippen molar-refractivity contribution < 1.29 is 2.74 Å². The average Bonchev–Trinajstić information content (AvgIpc) is 1.85. The van der Waals surface area contributed by atoms with Crippen LogP contribution in [-0.2, 0) is 6.42 Å². The fourth-order valence-electron chi connectivity index (χ4n) is 0.673. The third-order valence-electron chi connectivity index (χ3n) is 1.11. The van der Waals surface area contributed by atoms with Gasteiger partial charge in [0, 0.05) is 8.57 Å². The Balaban J connectivity index is 2.66. The molecule has 9 heavy (non-hydrogen) atoms. The first-order valence-corrected chi connectivity index (χ1v) is 3.18. The molecule has 1 heteroatoms. The van der Waals surface area contributed by atoms with Crippen LogP contribution in [0, 0.1) is 0 Å². The van der Waals surface area contributed by atoms with Gasteiger partial charge in [-0.25, -0.2) is 0 Å². The summed E-state index contributed by atoms with van der Waals surface area (Å²) in [6.07, 6.45) is 0.259. The van der Waals surface area contributed by atoms with E-state index in [4.69, 9.17) is 14.3 Å². The monoisotopic (exact) mass is 142 g/mol. The van der Waals surface area contributed by atoms with Gasteiger partial charge in [0.15, 0.2) is 0 Å². The van der Waals surface area contributed by atoms with Gasteiger partial charge in [0.25, 0.3) is 0 Å². The highest BCUT2D eigenvalue weighted by atomic mass is 35.5. The Kier molecular flexibility index (Phi) is 1.70. The van der Waals surface area contributed by atoms with E-state index in [0.717, 1.165) is 5.56 Å². The van der Waals surface area contributed by atoms with Crippen molar-refractivity contribution >= 4 is 11.6 Å². The Labute approximate surface area is 63.3 Å². The van der Waals surface area contributed by atoms with Gasteiger partial charge < -0.3 is 0 Å². The van der Waals surface area contributed by atoms with Crippen molar-refractivity contribution in [2.75, 3.05) is 5.83 Å². The van der Waals surface area contributed by atoms with Crippen LogP contribution in [0.25, 0.3) is 0 Å². The predicted octanol–water partition coefficient (Wildman–Crippen LogP) is 2.47. The van der Waals surface area contributed by atoms with Crippen LogP contribution in [0.3, 0.4) is 0 Å². The van der Waals surface area contributed by atoms with E-state index in [1.165, 1.54) is 0 Å². The summed E-state index contributed by atoms with van der Waals surface area (Å²) in [6.45, 7) is 0. The second-order valence-corrected chi connectivity index (χ2v) is 2.06. The molecule has 1 rings (SSSR count). The Hall–Kier alpha value is -0.490. The topological polar surface area (TPSA) is 0 Å². The Bertz CT molecular complexity index is 215. The number of hydrogen-bond donors (Lipinski definition) is 0. The van der Waals surface area contributed by atoms with Gasteiger partial charge in [-0.2, -0.15) is 0 Å². The van der Waals surface area contributed by atoms with Crippen LogP contribution in [-0.4, -0.2) is 5.83 Å². The molecule has 0 saturated carbocycles. The van der Waals surface area contributed by atoms with Gasteiger partial charge in [-0.3, -0.25) is 0 Å². The Morgan fingerprint density at radius 1 is 1.33 bits per heavy atom. The lowest BCUT2D eigenvalue weighted by Gasteiger charge is -1.92. The molecule has 0 nitrogen and oxygen atoms in total. The van der Waals surface area contributed by atoms with Gasteiger partial charge >= 0.3 is 0 Å². The van der Waals surface area contributed by atoms with Crippen molar-refractivity contribution in [1.82, 2.24) is 0 Å². The van der Waals surface area contributed by atoms with Gasteiger partial charge in [0.1, 0.15) is 0 Å². The van der Waals surface area contributed by atoms with Gasteiger partial charge in [0.05, 0.1) is 0 Å². The van der Waals surface area contributed by atoms with Crippen molar-refractivity contribution in [2.45, 2.75) is 6.42 Å². The largest absolute Gasteiger partial charge is 0.126 e. The zero-order valence-corrected chi connectivity index (χ0v) is 5.73. The van der Waals surface area contributed by atoms with Crippen molar-refractivity contribution in [3.8, 4) is 0 Å². The first-order chi connectivity index (χ1) is 5.08. The van der Waals surface area contributed by atoms with Crippen molar-refractivity contribution in [1.29, 1.82) is 0 Å². The average molecular weight is 143 g/mol. The molecule has 0 atom stereocenters. The van der Waals surface area contributed by atoms with Gasteiger partial charge in [-0.1, -0.05) is 30.3 Å². The summed E-state index contributed by atoms with van der Waals surface area (Å²) in [5.41, 5.74) is 0.924. The number of rotatable bonds is 2. The van der Waals surface area contributed by atoms with Crippen molar-refractivity contribution in [3.63, 3.8) is 0 Å². The minimum absolute atomic E-state index is 0.259. The van der Waals surface area contributed by atoms with Crippen LogP contribution >= 0.6 is 11.6 Å². The van der Waals surface area contributed by atoms with E-state index in [0.29, 0.717) is 0 Å². The Morgan fingerprint density at radius 3 is 2.56 bits per heavy atom. The summed E-state index contributed by atoms with van der Waals surface area (Å²) in [6, 6.07) is 9.36. The summed E-state index contributed by atoms with van der Waals surface area (Å²) in [7, 11) is 0. The minimum atomic E-state index is -1.62. The maximum atomic E-state index is 7.10. The number of benzene rings is 1. The molecule has 0 N–H and O–H groups in total. The first-order valence-electron chi connectivity index (χ1n) is 3.81. The van der Waals surface area contributed by atoms with Crippen LogP contribution in [0.1, 0.15) is 8.30 Å². The molecular weight excluding hydrogens is 132 g/mol.